The number of ether oxygens (including phenoxy) is 3. The zero-order valence-electron chi connectivity index (χ0n) is 13.7. The molecule has 0 atom stereocenters. The molecular weight excluding hydrogens is 330 g/mol. The first-order chi connectivity index (χ1) is 11.6. The number of benzene rings is 2. The molecule has 0 saturated carbocycles. The average Bonchev–Trinajstić information content (AvgIpc) is 2.58. The minimum Gasteiger partial charge on any atom is -0.497 e. The highest BCUT2D eigenvalue weighted by atomic mass is 35.5. The van der Waals surface area contributed by atoms with Crippen LogP contribution in [0.15, 0.2) is 42.5 Å². The Hall–Kier alpha value is -2.40. The third-order valence-corrected chi connectivity index (χ3v) is 3.56. The number of rotatable bonds is 8. The van der Waals surface area contributed by atoms with E-state index in [1.54, 1.807) is 44.6 Å². The summed E-state index contributed by atoms with van der Waals surface area (Å²) in [6.07, 6.45) is 0.206. The van der Waals surface area contributed by atoms with Gasteiger partial charge in [-0.15, -0.1) is 0 Å². The Bertz CT molecular complexity index is 690. The van der Waals surface area contributed by atoms with Crippen molar-refractivity contribution in [1.29, 1.82) is 0 Å². The monoisotopic (exact) mass is 349 g/mol. The van der Waals surface area contributed by atoms with Gasteiger partial charge in [0.05, 0.1) is 27.2 Å². The molecule has 0 bridgehead atoms. The maximum atomic E-state index is 12.1. The molecule has 0 fully saturated rings. The van der Waals surface area contributed by atoms with Gasteiger partial charge in [-0.3, -0.25) is 4.79 Å². The third kappa shape index (κ3) is 5.35. The molecule has 0 saturated heterocycles. The van der Waals surface area contributed by atoms with Gasteiger partial charge in [0.1, 0.15) is 23.9 Å². The molecule has 1 amide bonds. The van der Waals surface area contributed by atoms with Crippen LogP contribution in [0.5, 0.6) is 17.2 Å². The second-order valence-corrected chi connectivity index (χ2v) is 5.45. The van der Waals surface area contributed by atoms with Crippen molar-refractivity contribution < 1.29 is 19.0 Å². The number of halogens is 1. The fourth-order valence-electron chi connectivity index (χ4n) is 2.17. The van der Waals surface area contributed by atoms with Crippen molar-refractivity contribution in [3.05, 3.63) is 53.1 Å². The molecule has 1 N–H and O–H groups in total. The number of carbonyl (C=O) groups excluding carboxylic acids is 1. The van der Waals surface area contributed by atoms with E-state index < -0.39 is 0 Å². The fraction of sp³-hybridized carbons (Fsp3) is 0.278. The molecule has 2 aromatic rings. The first kappa shape index (κ1) is 17.9. The summed E-state index contributed by atoms with van der Waals surface area (Å²) in [4.78, 5) is 12.1. The minimum absolute atomic E-state index is 0.115. The zero-order valence-corrected chi connectivity index (χ0v) is 14.4. The largest absolute Gasteiger partial charge is 0.497 e. The molecule has 2 rings (SSSR count). The number of carbonyl (C=O) groups is 1. The third-order valence-electron chi connectivity index (χ3n) is 3.33. The number of hydrogen-bond donors (Lipinski definition) is 1. The van der Waals surface area contributed by atoms with Crippen LogP contribution in [0.3, 0.4) is 0 Å². The van der Waals surface area contributed by atoms with E-state index in [1.165, 1.54) is 0 Å². The maximum absolute atomic E-state index is 12.1. The van der Waals surface area contributed by atoms with E-state index >= 15 is 0 Å². The Kier molecular flexibility index (Phi) is 6.75. The van der Waals surface area contributed by atoms with Crippen LogP contribution in [0.25, 0.3) is 0 Å². The lowest BCUT2D eigenvalue weighted by Crippen LogP contribution is -2.29. The van der Waals surface area contributed by atoms with Crippen molar-refractivity contribution >= 4 is 17.5 Å². The van der Waals surface area contributed by atoms with Crippen molar-refractivity contribution in [1.82, 2.24) is 5.32 Å². The SMILES string of the molecule is COc1ccc(OC)c(CC(=O)NCCOc2cccc(Cl)c2)c1. The molecule has 0 aliphatic carbocycles. The summed E-state index contributed by atoms with van der Waals surface area (Å²) < 4.78 is 16.0. The van der Waals surface area contributed by atoms with Crippen molar-refractivity contribution in [2.24, 2.45) is 0 Å². The van der Waals surface area contributed by atoms with Gasteiger partial charge in [0.15, 0.2) is 0 Å². The molecule has 0 spiro atoms. The van der Waals surface area contributed by atoms with Crippen molar-refractivity contribution in [3.8, 4) is 17.2 Å². The topological polar surface area (TPSA) is 56.8 Å². The fourth-order valence-corrected chi connectivity index (χ4v) is 2.35. The average molecular weight is 350 g/mol. The van der Waals surface area contributed by atoms with Gasteiger partial charge in [-0.1, -0.05) is 17.7 Å². The van der Waals surface area contributed by atoms with Crippen LogP contribution in [-0.4, -0.2) is 33.3 Å². The van der Waals surface area contributed by atoms with E-state index in [-0.39, 0.29) is 12.3 Å². The van der Waals surface area contributed by atoms with E-state index in [1.807, 2.05) is 12.1 Å². The Balaban J connectivity index is 1.81. The first-order valence-corrected chi connectivity index (χ1v) is 7.86. The molecule has 0 heterocycles. The molecule has 0 aliphatic rings. The van der Waals surface area contributed by atoms with Gasteiger partial charge in [-0.25, -0.2) is 0 Å². The Labute approximate surface area is 146 Å². The molecule has 0 radical (unpaired) electrons. The van der Waals surface area contributed by atoms with Crippen LogP contribution in [0.2, 0.25) is 5.02 Å². The summed E-state index contributed by atoms with van der Waals surface area (Å²) >= 11 is 5.88. The van der Waals surface area contributed by atoms with Crippen LogP contribution in [0, 0.1) is 0 Å². The molecule has 0 aliphatic heterocycles. The highest BCUT2D eigenvalue weighted by Crippen LogP contribution is 2.24. The number of amides is 1. The highest BCUT2D eigenvalue weighted by Gasteiger charge is 2.10. The summed E-state index contributed by atoms with van der Waals surface area (Å²) in [5.74, 6) is 1.89. The number of nitrogens with one attached hydrogen (secondary N) is 1. The summed E-state index contributed by atoms with van der Waals surface area (Å²) in [6, 6.07) is 12.5. The highest BCUT2D eigenvalue weighted by molar-refractivity contribution is 6.30. The maximum Gasteiger partial charge on any atom is 0.224 e. The second-order valence-electron chi connectivity index (χ2n) is 5.01. The zero-order chi connectivity index (χ0) is 17.4. The van der Waals surface area contributed by atoms with Crippen molar-refractivity contribution in [2.45, 2.75) is 6.42 Å². The molecule has 0 unspecified atom stereocenters. The molecule has 6 heteroatoms. The van der Waals surface area contributed by atoms with Crippen molar-refractivity contribution in [3.63, 3.8) is 0 Å². The van der Waals surface area contributed by atoms with E-state index in [4.69, 9.17) is 25.8 Å². The molecule has 0 aromatic heterocycles. The summed E-state index contributed by atoms with van der Waals surface area (Å²) in [6.45, 7) is 0.763. The Morgan fingerprint density at radius 1 is 1.08 bits per heavy atom. The number of methoxy groups -OCH3 is 2. The van der Waals surface area contributed by atoms with E-state index in [2.05, 4.69) is 5.32 Å². The van der Waals surface area contributed by atoms with Crippen LogP contribution in [0.4, 0.5) is 0 Å². The lowest BCUT2D eigenvalue weighted by Gasteiger charge is -2.11. The summed E-state index contributed by atoms with van der Waals surface area (Å²) in [5, 5.41) is 3.42. The van der Waals surface area contributed by atoms with Crippen LogP contribution >= 0.6 is 11.6 Å². The summed E-state index contributed by atoms with van der Waals surface area (Å²) in [5.41, 5.74) is 0.769. The molecule has 128 valence electrons. The van der Waals surface area contributed by atoms with Gasteiger partial charge in [-0.05, 0) is 36.4 Å². The molecule has 24 heavy (non-hydrogen) atoms. The second kappa shape index (κ2) is 9.03. The number of hydrogen-bond acceptors (Lipinski definition) is 4. The Morgan fingerprint density at radius 2 is 1.92 bits per heavy atom. The smallest absolute Gasteiger partial charge is 0.224 e. The van der Waals surface area contributed by atoms with Gasteiger partial charge in [0.25, 0.3) is 0 Å². The van der Waals surface area contributed by atoms with Gasteiger partial charge in [0.2, 0.25) is 5.91 Å². The normalized spacial score (nSPS) is 10.1. The minimum atomic E-state index is -0.115. The summed E-state index contributed by atoms with van der Waals surface area (Å²) in [7, 11) is 3.15. The first-order valence-electron chi connectivity index (χ1n) is 7.48. The van der Waals surface area contributed by atoms with Crippen LogP contribution in [0.1, 0.15) is 5.56 Å². The van der Waals surface area contributed by atoms with Gasteiger partial charge < -0.3 is 19.5 Å². The van der Waals surface area contributed by atoms with Crippen LogP contribution < -0.4 is 19.5 Å². The standard InChI is InChI=1S/C18H20ClNO4/c1-22-15-6-7-17(23-2)13(10-15)11-18(21)20-8-9-24-16-5-3-4-14(19)12-16/h3-7,10,12H,8-9,11H2,1-2H3,(H,20,21). The molecular formula is C18H20ClNO4. The van der Waals surface area contributed by atoms with Gasteiger partial charge in [0, 0.05) is 10.6 Å². The molecule has 5 nitrogen and oxygen atoms in total. The van der Waals surface area contributed by atoms with E-state index in [0.29, 0.717) is 35.4 Å². The van der Waals surface area contributed by atoms with Crippen LogP contribution in [-0.2, 0) is 11.2 Å². The Morgan fingerprint density at radius 3 is 2.62 bits per heavy atom. The van der Waals surface area contributed by atoms with Gasteiger partial charge >= 0.3 is 0 Å². The lowest BCUT2D eigenvalue weighted by atomic mass is 10.1. The van der Waals surface area contributed by atoms with Crippen molar-refractivity contribution in [2.75, 3.05) is 27.4 Å². The molecule has 2 aromatic carbocycles. The predicted octanol–water partition coefficient (Wildman–Crippen LogP) is 3.09. The van der Waals surface area contributed by atoms with E-state index in [9.17, 15) is 4.79 Å². The van der Waals surface area contributed by atoms with E-state index in [0.717, 1.165) is 5.56 Å². The lowest BCUT2D eigenvalue weighted by molar-refractivity contribution is -0.120. The predicted molar refractivity (Wildman–Crippen MR) is 93.2 cm³/mol. The quantitative estimate of drug-likeness (QED) is 0.744. The van der Waals surface area contributed by atoms with Gasteiger partial charge in [-0.2, -0.15) is 0 Å².